The zero-order chi connectivity index (χ0) is 20.2. The lowest BCUT2D eigenvalue weighted by Gasteiger charge is -2.19. The summed E-state index contributed by atoms with van der Waals surface area (Å²) in [5.74, 6) is -0.336. The number of amides is 3. The average Bonchev–Trinajstić information content (AvgIpc) is 2.99. The van der Waals surface area contributed by atoms with Gasteiger partial charge in [-0.2, -0.15) is 0 Å². The molecule has 0 spiro atoms. The molecule has 1 aromatic heterocycles. The summed E-state index contributed by atoms with van der Waals surface area (Å²) in [5, 5.41) is 2.79. The summed E-state index contributed by atoms with van der Waals surface area (Å²) in [6, 6.07) is 11.5. The van der Waals surface area contributed by atoms with Crippen LogP contribution in [0, 0.1) is 11.8 Å². The van der Waals surface area contributed by atoms with Crippen LogP contribution in [-0.4, -0.2) is 34.2 Å². The van der Waals surface area contributed by atoms with Crippen molar-refractivity contribution in [2.45, 2.75) is 36.3 Å². The van der Waals surface area contributed by atoms with Gasteiger partial charge in [-0.3, -0.25) is 24.3 Å². The molecule has 29 heavy (non-hydrogen) atoms. The van der Waals surface area contributed by atoms with E-state index < -0.39 is 0 Å². The Kier molecular flexibility index (Phi) is 5.94. The van der Waals surface area contributed by atoms with E-state index in [1.165, 1.54) is 0 Å². The molecule has 1 aliphatic carbocycles. The van der Waals surface area contributed by atoms with Crippen LogP contribution in [0.1, 0.15) is 31.2 Å². The molecule has 0 radical (unpaired) electrons. The zero-order valence-corrected chi connectivity index (χ0v) is 16.9. The SMILES string of the molecule is O=C(CN1C(=O)C2CCCCC2C1=O)Nc1ccc(SCc2cccnc2)cc1. The summed E-state index contributed by atoms with van der Waals surface area (Å²) in [6.45, 7) is -0.206. The highest BCUT2D eigenvalue weighted by molar-refractivity contribution is 7.98. The Labute approximate surface area is 174 Å². The largest absolute Gasteiger partial charge is 0.325 e. The molecule has 6 nitrogen and oxygen atoms in total. The van der Waals surface area contributed by atoms with Crippen molar-refractivity contribution >= 4 is 35.2 Å². The number of nitrogens with zero attached hydrogens (tertiary/aromatic N) is 2. The zero-order valence-electron chi connectivity index (χ0n) is 16.0. The Morgan fingerprint density at radius 1 is 1.07 bits per heavy atom. The highest BCUT2D eigenvalue weighted by atomic mass is 32.2. The number of carbonyl (C=O) groups is 3. The maximum Gasteiger partial charge on any atom is 0.244 e. The first-order valence-corrected chi connectivity index (χ1v) is 10.9. The van der Waals surface area contributed by atoms with Crippen molar-refractivity contribution < 1.29 is 14.4 Å². The number of pyridine rings is 1. The second-order valence-corrected chi connectivity index (χ2v) is 8.53. The molecule has 0 bridgehead atoms. The van der Waals surface area contributed by atoms with E-state index in [-0.39, 0.29) is 36.1 Å². The topological polar surface area (TPSA) is 79.4 Å². The molecule has 1 N–H and O–H groups in total. The maximum absolute atomic E-state index is 12.5. The second kappa shape index (κ2) is 8.78. The summed E-state index contributed by atoms with van der Waals surface area (Å²) >= 11 is 1.69. The van der Waals surface area contributed by atoms with Gasteiger partial charge in [0.25, 0.3) is 0 Å². The van der Waals surface area contributed by atoms with Crippen molar-refractivity contribution in [2.24, 2.45) is 11.8 Å². The molecule has 2 unspecified atom stereocenters. The number of nitrogens with one attached hydrogen (secondary N) is 1. The Morgan fingerprint density at radius 2 is 1.76 bits per heavy atom. The van der Waals surface area contributed by atoms with Crippen molar-refractivity contribution in [2.75, 3.05) is 11.9 Å². The minimum atomic E-state index is -0.346. The highest BCUT2D eigenvalue weighted by Crippen LogP contribution is 2.37. The van der Waals surface area contributed by atoms with Crippen LogP contribution in [0.25, 0.3) is 0 Å². The fourth-order valence-corrected chi connectivity index (χ4v) is 4.85. The minimum Gasteiger partial charge on any atom is -0.325 e. The van der Waals surface area contributed by atoms with Crippen LogP contribution in [0.5, 0.6) is 0 Å². The van der Waals surface area contributed by atoms with Gasteiger partial charge < -0.3 is 5.32 Å². The third-order valence-corrected chi connectivity index (χ3v) is 6.58. The van der Waals surface area contributed by atoms with Crippen molar-refractivity contribution in [1.29, 1.82) is 0 Å². The van der Waals surface area contributed by atoms with Crippen molar-refractivity contribution in [3.05, 3.63) is 54.4 Å². The number of rotatable bonds is 6. The highest BCUT2D eigenvalue weighted by Gasteiger charge is 2.48. The lowest BCUT2D eigenvalue weighted by molar-refractivity contribution is -0.142. The minimum absolute atomic E-state index is 0.183. The molecule has 2 heterocycles. The number of thioether (sulfide) groups is 1. The molecule has 2 aromatic rings. The number of fused-ring (bicyclic) bond motifs is 1. The Bertz CT molecular complexity index is 877. The van der Waals surface area contributed by atoms with Crippen molar-refractivity contribution in [3.8, 4) is 0 Å². The number of hydrogen-bond donors (Lipinski definition) is 1. The molecule has 150 valence electrons. The number of imide groups is 1. The summed E-state index contributed by atoms with van der Waals surface area (Å²) in [5.41, 5.74) is 1.80. The molecule has 1 saturated heterocycles. The fraction of sp³-hybridized carbons (Fsp3) is 0.364. The van der Waals surface area contributed by atoms with Crippen molar-refractivity contribution in [1.82, 2.24) is 9.88 Å². The molecule has 1 saturated carbocycles. The predicted octanol–water partition coefficient (Wildman–Crippen LogP) is 3.49. The third-order valence-electron chi connectivity index (χ3n) is 5.50. The number of hydrogen-bond acceptors (Lipinski definition) is 5. The quantitative estimate of drug-likeness (QED) is 0.584. The van der Waals surface area contributed by atoms with E-state index in [4.69, 9.17) is 0 Å². The Morgan fingerprint density at radius 3 is 2.38 bits per heavy atom. The van der Waals surface area contributed by atoms with Gasteiger partial charge in [-0.25, -0.2) is 0 Å². The number of aromatic nitrogens is 1. The van der Waals surface area contributed by atoms with Gasteiger partial charge in [0.2, 0.25) is 17.7 Å². The number of likely N-dealkylation sites (tertiary alicyclic amines) is 1. The van der Waals surface area contributed by atoms with Gasteiger partial charge in [0.1, 0.15) is 6.54 Å². The van der Waals surface area contributed by atoms with Crippen LogP contribution in [-0.2, 0) is 20.1 Å². The summed E-state index contributed by atoms with van der Waals surface area (Å²) in [4.78, 5) is 43.7. The molecule has 1 aromatic carbocycles. The van der Waals surface area contributed by atoms with Gasteiger partial charge in [0.15, 0.2) is 0 Å². The van der Waals surface area contributed by atoms with Gasteiger partial charge in [0.05, 0.1) is 11.8 Å². The summed E-state index contributed by atoms with van der Waals surface area (Å²) in [7, 11) is 0. The van der Waals surface area contributed by atoms with Crippen LogP contribution >= 0.6 is 11.8 Å². The number of benzene rings is 1. The first-order valence-electron chi connectivity index (χ1n) is 9.88. The number of anilines is 1. The van der Waals surface area contributed by atoms with Crippen LogP contribution in [0.2, 0.25) is 0 Å². The van der Waals surface area contributed by atoms with E-state index in [1.54, 1.807) is 18.0 Å². The standard InChI is InChI=1S/C22H23N3O3S/c26-20(13-25-21(27)18-5-1-2-6-19(18)22(25)28)24-16-7-9-17(10-8-16)29-14-15-4-3-11-23-12-15/h3-4,7-12,18-19H,1-2,5-6,13-14H2,(H,24,26). The first kappa shape index (κ1) is 19.6. The molecule has 2 atom stereocenters. The van der Waals surface area contributed by atoms with Crippen LogP contribution in [0.4, 0.5) is 5.69 Å². The summed E-state index contributed by atoms with van der Waals surface area (Å²) < 4.78 is 0. The second-order valence-electron chi connectivity index (χ2n) is 7.48. The molecule has 2 fully saturated rings. The summed E-state index contributed by atoms with van der Waals surface area (Å²) in [6.07, 6.45) is 7.06. The van der Waals surface area contributed by atoms with Crippen LogP contribution < -0.4 is 5.32 Å². The molecule has 3 amide bonds. The van der Waals surface area contributed by atoms with Gasteiger partial charge in [-0.05, 0) is 48.7 Å². The number of carbonyl (C=O) groups excluding carboxylic acids is 3. The van der Waals surface area contributed by atoms with Gasteiger partial charge in [-0.1, -0.05) is 18.9 Å². The third kappa shape index (κ3) is 4.50. The van der Waals surface area contributed by atoms with Crippen LogP contribution in [0.15, 0.2) is 53.7 Å². The van der Waals surface area contributed by atoms with Gasteiger partial charge in [-0.15, -0.1) is 11.8 Å². The fourth-order valence-electron chi connectivity index (χ4n) is 4.02. The Balaban J connectivity index is 1.30. The predicted molar refractivity (Wildman–Crippen MR) is 111 cm³/mol. The van der Waals surface area contributed by atoms with Gasteiger partial charge >= 0.3 is 0 Å². The Hall–Kier alpha value is -2.67. The molecule has 7 heteroatoms. The molecule has 4 rings (SSSR count). The molecule has 2 aliphatic rings. The first-order chi connectivity index (χ1) is 14.1. The lowest BCUT2D eigenvalue weighted by Crippen LogP contribution is -2.38. The average molecular weight is 410 g/mol. The molecule has 1 aliphatic heterocycles. The van der Waals surface area contributed by atoms with Crippen LogP contribution in [0.3, 0.4) is 0 Å². The van der Waals surface area contributed by atoms with E-state index >= 15 is 0 Å². The smallest absolute Gasteiger partial charge is 0.244 e. The van der Waals surface area contributed by atoms with E-state index in [1.807, 2.05) is 42.6 Å². The van der Waals surface area contributed by atoms with E-state index in [0.717, 1.165) is 46.8 Å². The monoisotopic (exact) mass is 409 g/mol. The van der Waals surface area contributed by atoms with E-state index in [9.17, 15) is 14.4 Å². The van der Waals surface area contributed by atoms with Crippen molar-refractivity contribution in [3.63, 3.8) is 0 Å². The lowest BCUT2D eigenvalue weighted by atomic mass is 9.81. The van der Waals surface area contributed by atoms with E-state index in [2.05, 4.69) is 10.3 Å². The molecular weight excluding hydrogens is 386 g/mol. The van der Waals surface area contributed by atoms with E-state index in [0.29, 0.717) is 5.69 Å². The maximum atomic E-state index is 12.5. The molecular formula is C22H23N3O3S. The normalized spacial score (nSPS) is 21.2. The van der Waals surface area contributed by atoms with Gasteiger partial charge in [0, 0.05) is 28.7 Å².